The molecule has 0 spiro atoms. The topological polar surface area (TPSA) is 63.1 Å². The van der Waals surface area contributed by atoms with E-state index in [9.17, 15) is 4.79 Å². The number of nitrogens with zero attached hydrogens (tertiary/aromatic N) is 3. The summed E-state index contributed by atoms with van der Waals surface area (Å²) in [5.74, 6) is -0.322. The van der Waals surface area contributed by atoms with Crippen molar-refractivity contribution >= 4 is 5.97 Å². The summed E-state index contributed by atoms with van der Waals surface area (Å²) in [6.45, 7) is 2.88. The number of hydrogen-bond donors (Lipinski definition) is 1. The third kappa shape index (κ3) is 3.16. The Morgan fingerprint density at radius 2 is 2.43 bits per heavy atom. The smallest absolute Gasteiger partial charge is 0.354 e. The highest BCUT2D eigenvalue weighted by molar-refractivity contribution is 5.87. The summed E-state index contributed by atoms with van der Waals surface area (Å²) in [7, 11) is 1.39. The maximum atomic E-state index is 11.5. The number of aromatic nitrogens is 3. The van der Waals surface area contributed by atoms with E-state index in [1.165, 1.54) is 20.0 Å². The number of ether oxygens (including phenoxy) is 1. The van der Waals surface area contributed by atoms with E-state index in [1.807, 2.05) is 24.8 Å². The van der Waals surface area contributed by atoms with Crippen molar-refractivity contribution in [2.75, 3.05) is 13.7 Å². The van der Waals surface area contributed by atoms with Crippen molar-refractivity contribution in [3.05, 3.63) is 42.2 Å². The van der Waals surface area contributed by atoms with Crippen molar-refractivity contribution in [1.82, 2.24) is 19.4 Å². The third-order valence-corrected chi connectivity index (χ3v) is 4.00. The van der Waals surface area contributed by atoms with Gasteiger partial charge in [0.1, 0.15) is 5.69 Å². The van der Waals surface area contributed by atoms with Gasteiger partial charge in [0.15, 0.2) is 0 Å². The average molecular weight is 288 g/mol. The van der Waals surface area contributed by atoms with Crippen molar-refractivity contribution in [3.8, 4) is 0 Å². The minimum atomic E-state index is -0.322. The molecule has 0 saturated carbocycles. The summed E-state index contributed by atoms with van der Waals surface area (Å²) in [5, 5.41) is 0. The lowest BCUT2D eigenvalue weighted by molar-refractivity contribution is 0.0594. The first kappa shape index (κ1) is 13.9. The molecule has 2 aromatic rings. The Bertz CT molecular complexity index is 591. The van der Waals surface area contributed by atoms with Gasteiger partial charge in [0.2, 0.25) is 0 Å². The highest BCUT2D eigenvalue weighted by Gasteiger charge is 2.25. The number of carbonyl (C=O) groups is 1. The summed E-state index contributed by atoms with van der Waals surface area (Å²) < 4.78 is 6.84. The van der Waals surface area contributed by atoms with Crippen molar-refractivity contribution in [1.29, 1.82) is 0 Å². The number of nitrogens with one attached hydrogen (secondary N) is 1. The quantitative estimate of drug-likeness (QED) is 0.850. The first-order valence-corrected chi connectivity index (χ1v) is 7.22. The van der Waals surface area contributed by atoms with Crippen LogP contribution in [0.5, 0.6) is 0 Å². The Labute approximate surface area is 123 Å². The molecule has 2 aromatic heterocycles. The second kappa shape index (κ2) is 6.13. The van der Waals surface area contributed by atoms with Crippen molar-refractivity contribution in [3.63, 3.8) is 0 Å². The summed E-state index contributed by atoms with van der Waals surface area (Å²) in [6.07, 6.45) is 8.08. The molecule has 1 fully saturated rings. The van der Waals surface area contributed by atoms with Crippen LogP contribution in [0.15, 0.2) is 30.9 Å². The van der Waals surface area contributed by atoms with Gasteiger partial charge in [-0.2, -0.15) is 0 Å². The molecule has 21 heavy (non-hydrogen) atoms. The minimum absolute atomic E-state index is 0.322. The van der Waals surface area contributed by atoms with Crippen LogP contribution in [0.4, 0.5) is 0 Å². The first-order valence-electron chi connectivity index (χ1n) is 7.22. The second-order valence-electron chi connectivity index (χ2n) is 5.41. The van der Waals surface area contributed by atoms with Gasteiger partial charge >= 0.3 is 5.97 Å². The molecule has 6 nitrogen and oxygen atoms in total. The van der Waals surface area contributed by atoms with Gasteiger partial charge in [-0.3, -0.25) is 4.90 Å². The predicted octanol–water partition coefficient (Wildman–Crippen LogP) is 1.66. The molecule has 3 rings (SSSR count). The fourth-order valence-corrected chi connectivity index (χ4v) is 2.93. The highest BCUT2D eigenvalue weighted by atomic mass is 16.5. The Balaban J connectivity index is 1.63. The molecule has 1 saturated heterocycles. The highest BCUT2D eigenvalue weighted by Crippen LogP contribution is 2.21. The van der Waals surface area contributed by atoms with Crippen molar-refractivity contribution < 1.29 is 9.53 Å². The Hall–Kier alpha value is -2.08. The number of methoxy groups -OCH3 is 1. The van der Waals surface area contributed by atoms with Crippen LogP contribution in [-0.2, 0) is 17.8 Å². The summed E-state index contributed by atoms with van der Waals surface area (Å²) >= 11 is 0. The van der Waals surface area contributed by atoms with Crippen LogP contribution in [0.25, 0.3) is 0 Å². The molecule has 0 aromatic carbocycles. The van der Waals surface area contributed by atoms with E-state index in [4.69, 9.17) is 4.74 Å². The number of H-pyrrole nitrogens is 1. The Kier molecular flexibility index (Phi) is 4.06. The average Bonchev–Trinajstić information content (AvgIpc) is 3.22. The largest absolute Gasteiger partial charge is 0.464 e. The van der Waals surface area contributed by atoms with Crippen LogP contribution >= 0.6 is 0 Å². The molecule has 1 atom stereocenters. The summed E-state index contributed by atoms with van der Waals surface area (Å²) in [6, 6.07) is 4.25. The molecule has 3 heterocycles. The Morgan fingerprint density at radius 3 is 3.19 bits per heavy atom. The minimum Gasteiger partial charge on any atom is -0.464 e. The molecule has 1 aliphatic heterocycles. The number of likely N-dealkylation sites (tertiary alicyclic amines) is 1. The molecule has 1 N–H and O–H groups in total. The van der Waals surface area contributed by atoms with Crippen LogP contribution in [0, 0.1) is 0 Å². The fraction of sp³-hybridized carbons (Fsp3) is 0.467. The predicted molar refractivity (Wildman–Crippen MR) is 77.8 cm³/mol. The number of carbonyl (C=O) groups excluding carboxylic acids is 1. The van der Waals surface area contributed by atoms with Gasteiger partial charge in [0.05, 0.1) is 13.4 Å². The number of hydrogen-bond acceptors (Lipinski definition) is 4. The maximum absolute atomic E-state index is 11.5. The molecule has 6 heteroatoms. The van der Waals surface area contributed by atoms with E-state index in [2.05, 4.69) is 19.4 Å². The SMILES string of the molecule is COC(=O)c1ccc(CN2CCCC2Cn2ccnc2)[nH]1. The van der Waals surface area contributed by atoms with Gasteiger partial charge in [-0.05, 0) is 31.5 Å². The third-order valence-electron chi connectivity index (χ3n) is 4.00. The van der Waals surface area contributed by atoms with Gasteiger partial charge in [-0.15, -0.1) is 0 Å². The maximum Gasteiger partial charge on any atom is 0.354 e. The molecule has 0 amide bonds. The van der Waals surface area contributed by atoms with Crippen LogP contribution in [-0.4, -0.2) is 45.1 Å². The van der Waals surface area contributed by atoms with E-state index in [-0.39, 0.29) is 5.97 Å². The van der Waals surface area contributed by atoms with Gasteiger partial charge in [0, 0.05) is 37.2 Å². The van der Waals surface area contributed by atoms with E-state index >= 15 is 0 Å². The van der Waals surface area contributed by atoms with Crippen LogP contribution in [0.1, 0.15) is 29.0 Å². The van der Waals surface area contributed by atoms with E-state index < -0.39 is 0 Å². The van der Waals surface area contributed by atoms with E-state index in [0.29, 0.717) is 11.7 Å². The lowest BCUT2D eigenvalue weighted by Gasteiger charge is -2.24. The van der Waals surface area contributed by atoms with Crippen LogP contribution < -0.4 is 0 Å². The fourth-order valence-electron chi connectivity index (χ4n) is 2.93. The number of aromatic amines is 1. The van der Waals surface area contributed by atoms with Crippen molar-refractivity contribution in [2.45, 2.75) is 32.0 Å². The molecule has 1 unspecified atom stereocenters. The van der Waals surface area contributed by atoms with Crippen LogP contribution in [0.2, 0.25) is 0 Å². The zero-order chi connectivity index (χ0) is 14.7. The lowest BCUT2D eigenvalue weighted by Crippen LogP contribution is -2.32. The molecule has 112 valence electrons. The molecule has 0 aliphatic carbocycles. The first-order chi connectivity index (χ1) is 10.3. The normalized spacial score (nSPS) is 19.0. The Morgan fingerprint density at radius 1 is 1.52 bits per heavy atom. The zero-order valence-electron chi connectivity index (χ0n) is 12.2. The molecule has 1 aliphatic rings. The van der Waals surface area contributed by atoms with Gasteiger partial charge < -0.3 is 14.3 Å². The molecular weight excluding hydrogens is 268 g/mol. The summed E-state index contributed by atoms with van der Waals surface area (Å²) in [5.41, 5.74) is 1.56. The summed E-state index contributed by atoms with van der Waals surface area (Å²) in [4.78, 5) is 21.1. The van der Waals surface area contributed by atoms with E-state index in [0.717, 1.165) is 25.3 Å². The molecule has 0 radical (unpaired) electrons. The second-order valence-corrected chi connectivity index (χ2v) is 5.41. The van der Waals surface area contributed by atoms with Gasteiger partial charge in [-0.25, -0.2) is 9.78 Å². The lowest BCUT2D eigenvalue weighted by atomic mass is 10.2. The molecule has 0 bridgehead atoms. The zero-order valence-corrected chi connectivity index (χ0v) is 12.2. The van der Waals surface area contributed by atoms with Gasteiger partial charge in [-0.1, -0.05) is 0 Å². The van der Waals surface area contributed by atoms with E-state index in [1.54, 1.807) is 6.07 Å². The molecular formula is C15H20N4O2. The number of esters is 1. The number of imidazole rings is 1. The van der Waals surface area contributed by atoms with Gasteiger partial charge in [0.25, 0.3) is 0 Å². The van der Waals surface area contributed by atoms with Crippen LogP contribution in [0.3, 0.4) is 0 Å². The standard InChI is InChI=1S/C15H20N4O2/c1-21-15(20)14-5-4-12(17-14)9-19-7-2-3-13(19)10-18-8-6-16-11-18/h4-6,8,11,13,17H,2-3,7,9-10H2,1H3. The number of rotatable bonds is 5. The van der Waals surface area contributed by atoms with Crippen molar-refractivity contribution in [2.24, 2.45) is 0 Å². The monoisotopic (exact) mass is 288 g/mol.